The van der Waals surface area contributed by atoms with Crippen LogP contribution in [-0.4, -0.2) is 24.1 Å². The third-order valence-corrected chi connectivity index (χ3v) is 8.09. The second-order valence-electron chi connectivity index (χ2n) is 12.0. The molecule has 0 spiro atoms. The van der Waals surface area contributed by atoms with E-state index in [0.29, 0.717) is 24.3 Å². The van der Waals surface area contributed by atoms with Crippen molar-refractivity contribution in [1.29, 1.82) is 0 Å². The first kappa shape index (κ1) is 36.4. The van der Waals surface area contributed by atoms with E-state index in [0.717, 1.165) is 24.3 Å². The van der Waals surface area contributed by atoms with Crippen LogP contribution in [-0.2, 0) is 0 Å². The van der Waals surface area contributed by atoms with Gasteiger partial charge in [-0.15, -0.1) is 0 Å². The average Bonchev–Trinajstić information content (AvgIpc) is 3.03. The summed E-state index contributed by atoms with van der Waals surface area (Å²) in [7, 11) is 0. The number of allylic oxidation sites excluding steroid dienone is 1. The lowest BCUT2D eigenvalue weighted by molar-refractivity contribution is 0.104. The summed E-state index contributed by atoms with van der Waals surface area (Å²) in [4.78, 5) is 12.7. The van der Waals surface area contributed by atoms with E-state index < -0.39 is 0 Å². The molecule has 4 nitrogen and oxygen atoms in total. The molecule has 0 amide bonds. The first-order valence-corrected chi connectivity index (χ1v) is 17.5. The first-order chi connectivity index (χ1) is 21.1. The zero-order valence-corrected chi connectivity index (χ0v) is 27.4. The van der Waals surface area contributed by atoms with Crippen molar-refractivity contribution >= 4 is 11.5 Å². The molecule has 0 saturated heterocycles. The lowest BCUT2D eigenvalue weighted by Gasteiger charge is -2.08. The molecule has 0 saturated carbocycles. The topological polar surface area (TPSA) is 55.8 Å². The number of carbonyl (C=O) groups excluding carboxylic acids is 1. The van der Waals surface area contributed by atoms with Gasteiger partial charge in [-0.1, -0.05) is 129 Å². The van der Waals surface area contributed by atoms with Gasteiger partial charge in [0.15, 0.2) is 5.78 Å². The van der Waals surface area contributed by atoms with Gasteiger partial charge in [-0.3, -0.25) is 4.79 Å². The van der Waals surface area contributed by atoms with Gasteiger partial charge in [0.2, 0.25) is 0 Å². The Balaban J connectivity index is 1.59. The van der Waals surface area contributed by atoms with E-state index in [9.17, 15) is 9.90 Å². The molecule has 0 aliphatic carbocycles. The summed E-state index contributed by atoms with van der Waals surface area (Å²) >= 11 is 0. The number of aliphatic hydroxyl groups is 1. The van der Waals surface area contributed by atoms with E-state index >= 15 is 0 Å². The highest BCUT2D eigenvalue weighted by Gasteiger charge is 2.08. The molecule has 2 rings (SSSR count). The molecule has 0 fully saturated rings. The van der Waals surface area contributed by atoms with Gasteiger partial charge >= 0.3 is 0 Å². The molecule has 43 heavy (non-hydrogen) atoms. The summed E-state index contributed by atoms with van der Waals surface area (Å²) in [6.45, 7) is 5.92. The minimum Gasteiger partial charge on any atom is -0.507 e. The van der Waals surface area contributed by atoms with E-state index in [1.165, 1.54) is 122 Å². The van der Waals surface area contributed by atoms with Crippen molar-refractivity contribution in [2.45, 2.75) is 142 Å². The zero-order chi connectivity index (χ0) is 30.8. The van der Waals surface area contributed by atoms with E-state index in [-0.39, 0.29) is 11.5 Å². The highest BCUT2D eigenvalue weighted by Crippen LogP contribution is 2.20. The Labute approximate surface area is 263 Å². The standard InChI is InChI=1S/C39H60O4/c1-3-5-7-9-11-13-15-17-19-21-31-42-36-27-23-34(24-28-36)38(40)33-39(41)35-25-29-37(30-26-35)43-32-22-20-18-16-14-12-10-8-6-4-2/h23-30,33,40H,3-22,31-32H2,1-2H3/b38-33-. The molecule has 1 N–H and O–H groups in total. The summed E-state index contributed by atoms with van der Waals surface area (Å²) in [5.41, 5.74) is 1.12. The highest BCUT2D eigenvalue weighted by molar-refractivity contribution is 6.07. The smallest absolute Gasteiger partial charge is 0.189 e. The lowest BCUT2D eigenvalue weighted by Crippen LogP contribution is -2.00. The predicted molar refractivity (Wildman–Crippen MR) is 182 cm³/mol. The molecule has 0 heterocycles. The third-order valence-electron chi connectivity index (χ3n) is 8.09. The number of hydrogen-bond acceptors (Lipinski definition) is 4. The minimum atomic E-state index is -0.236. The molecule has 0 aromatic heterocycles. The van der Waals surface area contributed by atoms with Crippen LogP contribution in [0.3, 0.4) is 0 Å². The summed E-state index contributed by atoms with van der Waals surface area (Å²) in [6.07, 6.45) is 27.3. The predicted octanol–water partition coefficient (Wildman–Crippen LogP) is 12.1. The second kappa shape index (κ2) is 24.7. The molecule has 0 aliphatic heterocycles. The molecule has 0 aliphatic rings. The van der Waals surface area contributed by atoms with Crippen LogP contribution >= 0.6 is 0 Å². The Kier molecular flexibility index (Phi) is 20.9. The van der Waals surface area contributed by atoms with Crippen LogP contribution in [0.4, 0.5) is 0 Å². The molecular formula is C39H60O4. The summed E-state index contributed by atoms with van der Waals surface area (Å²) in [6, 6.07) is 14.4. The summed E-state index contributed by atoms with van der Waals surface area (Å²) in [5.74, 6) is 1.27. The van der Waals surface area contributed by atoms with Gasteiger partial charge in [0, 0.05) is 17.2 Å². The molecule has 0 atom stereocenters. The van der Waals surface area contributed by atoms with Gasteiger partial charge in [0.1, 0.15) is 17.3 Å². The van der Waals surface area contributed by atoms with Crippen molar-refractivity contribution in [3.63, 3.8) is 0 Å². The Morgan fingerprint density at radius 2 is 0.837 bits per heavy atom. The lowest BCUT2D eigenvalue weighted by atomic mass is 10.1. The van der Waals surface area contributed by atoms with Gasteiger partial charge < -0.3 is 14.6 Å². The molecule has 2 aromatic carbocycles. The Hall–Kier alpha value is -2.75. The van der Waals surface area contributed by atoms with Crippen molar-refractivity contribution in [1.82, 2.24) is 0 Å². The van der Waals surface area contributed by atoms with Crippen molar-refractivity contribution in [3.8, 4) is 11.5 Å². The monoisotopic (exact) mass is 592 g/mol. The highest BCUT2D eigenvalue weighted by atomic mass is 16.5. The quantitative estimate of drug-likeness (QED) is 0.0485. The van der Waals surface area contributed by atoms with Crippen LogP contribution < -0.4 is 9.47 Å². The normalized spacial score (nSPS) is 11.5. The van der Waals surface area contributed by atoms with Gasteiger partial charge in [-0.25, -0.2) is 0 Å². The van der Waals surface area contributed by atoms with E-state index in [1.54, 1.807) is 24.3 Å². The summed E-state index contributed by atoms with van der Waals surface area (Å²) in [5, 5.41) is 10.5. The van der Waals surface area contributed by atoms with Crippen LogP contribution in [0.2, 0.25) is 0 Å². The van der Waals surface area contributed by atoms with Crippen LogP contribution in [0.1, 0.15) is 158 Å². The Morgan fingerprint density at radius 3 is 1.21 bits per heavy atom. The van der Waals surface area contributed by atoms with Crippen molar-refractivity contribution in [2.75, 3.05) is 13.2 Å². The number of hydrogen-bond donors (Lipinski definition) is 1. The molecular weight excluding hydrogens is 532 g/mol. The molecule has 240 valence electrons. The average molecular weight is 593 g/mol. The number of unbranched alkanes of at least 4 members (excludes halogenated alkanes) is 18. The van der Waals surface area contributed by atoms with E-state index in [4.69, 9.17) is 9.47 Å². The number of aliphatic hydroxyl groups excluding tert-OH is 1. The fraction of sp³-hybridized carbons (Fsp3) is 0.615. The second-order valence-corrected chi connectivity index (χ2v) is 12.0. The van der Waals surface area contributed by atoms with Gasteiger partial charge in [-0.2, -0.15) is 0 Å². The first-order valence-electron chi connectivity index (χ1n) is 17.5. The molecule has 0 bridgehead atoms. The van der Waals surface area contributed by atoms with Crippen molar-refractivity contribution < 1.29 is 19.4 Å². The number of carbonyl (C=O) groups is 1. The van der Waals surface area contributed by atoms with Crippen LogP contribution in [0.25, 0.3) is 5.76 Å². The maximum atomic E-state index is 12.7. The number of ether oxygens (including phenoxy) is 2. The molecule has 0 unspecified atom stereocenters. The van der Waals surface area contributed by atoms with Gasteiger partial charge in [0.05, 0.1) is 13.2 Å². The third kappa shape index (κ3) is 17.8. The molecule has 2 aromatic rings. The van der Waals surface area contributed by atoms with Crippen LogP contribution in [0, 0.1) is 0 Å². The fourth-order valence-corrected chi connectivity index (χ4v) is 5.29. The van der Waals surface area contributed by atoms with Crippen molar-refractivity contribution in [3.05, 3.63) is 65.7 Å². The van der Waals surface area contributed by atoms with Crippen LogP contribution in [0.5, 0.6) is 11.5 Å². The largest absolute Gasteiger partial charge is 0.507 e. The Bertz CT molecular complexity index is 977. The minimum absolute atomic E-state index is 0.0486. The number of ketones is 1. The maximum absolute atomic E-state index is 12.7. The van der Waals surface area contributed by atoms with E-state index in [2.05, 4.69) is 13.8 Å². The fourth-order valence-electron chi connectivity index (χ4n) is 5.29. The van der Waals surface area contributed by atoms with Crippen LogP contribution in [0.15, 0.2) is 54.6 Å². The zero-order valence-electron chi connectivity index (χ0n) is 27.4. The molecule has 4 heteroatoms. The van der Waals surface area contributed by atoms with E-state index in [1.807, 2.05) is 24.3 Å². The summed E-state index contributed by atoms with van der Waals surface area (Å²) < 4.78 is 11.7. The van der Waals surface area contributed by atoms with Gasteiger partial charge in [0.25, 0.3) is 0 Å². The number of benzene rings is 2. The maximum Gasteiger partial charge on any atom is 0.189 e. The number of rotatable bonds is 27. The van der Waals surface area contributed by atoms with Gasteiger partial charge in [-0.05, 0) is 61.4 Å². The SMILES string of the molecule is CCCCCCCCCCCCOc1ccc(C(=O)/C=C(\O)c2ccc(OCCCCCCCCCCCC)cc2)cc1. The molecule has 0 radical (unpaired) electrons. The Morgan fingerprint density at radius 1 is 0.512 bits per heavy atom. The van der Waals surface area contributed by atoms with Crippen molar-refractivity contribution in [2.24, 2.45) is 0 Å².